The number of ether oxygens (including phenoxy) is 2. The number of hydrogen-bond acceptors (Lipinski definition) is 2. The van der Waals surface area contributed by atoms with Gasteiger partial charge in [-0.2, -0.15) is 0 Å². The molecule has 0 N–H and O–H groups in total. The van der Waals surface area contributed by atoms with Gasteiger partial charge in [0, 0.05) is 10.4 Å². The van der Waals surface area contributed by atoms with Crippen LogP contribution in [0.3, 0.4) is 0 Å². The highest BCUT2D eigenvalue weighted by atomic mass is 35.5. The van der Waals surface area contributed by atoms with Gasteiger partial charge in [-0.3, -0.25) is 0 Å². The van der Waals surface area contributed by atoms with Gasteiger partial charge in [0.15, 0.2) is 11.6 Å². The molecule has 3 rings (SSSR count). The molecule has 0 aliphatic heterocycles. The predicted molar refractivity (Wildman–Crippen MR) is 107 cm³/mol. The van der Waals surface area contributed by atoms with E-state index >= 15 is 0 Å². The van der Waals surface area contributed by atoms with Crippen molar-refractivity contribution in [2.24, 2.45) is 0 Å². The van der Waals surface area contributed by atoms with Gasteiger partial charge in [0.1, 0.15) is 11.6 Å². The van der Waals surface area contributed by atoms with Crippen molar-refractivity contribution in [1.29, 1.82) is 0 Å². The monoisotopic (exact) mass is 402 g/mol. The van der Waals surface area contributed by atoms with Crippen molar-refractivity contribution in [2.75, 3.05) is 6.61 Å². The van der Waals surface area contributed by atoms with Crippen LogP contribution >= 0.6 is 11.6 Å². The van der Waals surface area contributed by atoms with E-state index in [4.69, 9.17) is 21.1 Å². The van der Waals surface area contributed by atoms with E-state index in [0.717, 1.165) is 11.1 Å². The van der Waals surface area contributed by atoms with Crippen molar-refractivity contribution in [3.8, 4) is 11.5 Å². The second-order valence-electron chi connectivity index (χ2n) is 7.20. The Morgan fingerprint density at radius 3 is 2.25 bits per heavy atom. The topological polar surface area (TPSA) is 18.5 Å². The molecule has 0 spiro atoms. The van der Waals surface area contributed by atoms with Crippen molar-refractivity contribution < 1.29 is 18.3 Å². The molecular weight excluding hydrogens is 382 g/mol. The van der Waals surface area contributed by atoms with Gasteiger partial charge in [-0.05, 0) is 59.7 Å². The summed E-state index contributed by atoms with van der Waals surface area (Å²) in [5.41, 5.74) is 1.71. The van der Waals surface area contributed by atoms with Gasteiger partial charge < -0.3 is 9.47 Å². The van der Waals surface area contributed by atoms with Crippen molar-refractivity contribution in [2.45, 2.75) is 25.9 Å². The van der Waals surface area contributed by atoms with Gasteiger partial charge in [0.25, 0.3) is 0 Å². The summed E-state index contributed by atoms with van der Waals surface area (Å²) in [6, 6.07) is 17.7. The lowest BCUT2D eigenvalue weighted by atomic mass is 9.86. The van der Waals surface area contributed by atoms with Crippen LogP contribution < -0.4 is 4.74 Å². The molecule has 0 heterocycles. The van der Waals surface area contributed by atoms with E-state index in [1.807, 2.05) is 24.3 Å². The zero-order valence-electron chi connectivity index (χ0n) is 15.7. The Morgan fingerprint density at radius 1 is 0.893 bits per heavy atom. The lowest BCUT2D eigenvalue weighted by molar-refractivity contribution is 0.0823. The van der Waals surface area contributed by atoms with Crippen LogP contribution in [-0.2, 0) is 16.8 Å². The molecule has 0 amide bonds. The minimum Gasteiger partial charge on any atom is -0.454 e. The fourth-order valence-electron chi connectivity index (χ4n) is 2.75. The average molecular weight is 403 g/mol. The molecule has 146 valence electrons. The quantitative estimate of drug-likeness (QED) is 0.427. The molecular formula is C23H21ClF2O2. The maximum Gasteiger partial charge on any atom is 0.165 e. The lowest BCUT2D eigenvalue weighted by Gasteiger charge is -2.25. The van der Waals surface area contributed by atoms with E-state index < -0.39 is 5.82 Å². The molecule has 0 aliphatic carbocycles. The van der Waals surface area contributed by atoms with Crippen molar-refractivity contribution in [1.82, 2.24) is 0 Å². The molecule has 3 aromatic rings. The minimum atomic E-state index is -0.491. The SMILES string of the molecule is CC(C)(COCc1ccc(F)c(Oc2ccc(F)cc2)c1)c1ccc(Cl)cc1. The first-order chi connectivity index (χ1) is 13.3. The molecule has 2 nitrogen and oxygen atoms in total. The number of rotatable bonds is 7. The van der Waals surface area contributed by atoms with Crippen molar-refractivity contribution in [3.63, 3.8) is 0 Å². The minimum absolute atomic E-state index is 0.0738. The Labute approximate surface area is 168 Å². The molecule has 0 saturated heterocycles. The summed E-state index contributed by atoms with van der Waals surface area (Å²) in [7, 11) is 0. The number of hydrogen-bond donors (Lipinski definition) is 0. The molecule has 0 unspecified atom stereocenters. The highest BCUT2D eigenvalue weighted by Gasteiger charge is 2.21. The van der Waals surface area contributed by atoms with Crippen LogP contribution in [-0.4, -0.2) is 6.61 Å². The van der Waals surface area contributed by atoms with Crippen LogP contribution in [0.2, 0.25) is 5.02 Å². The Kier molecular flexibility index (Phi) is 6.32. The first-order valence-electron chi connectivity index (χ1n) is 8.89. The normalized spacial score (nSPS) is 11.5. The number of halogens is 3. The summed E-state index contributed by atoms with van der Waals surface area (Å²) in [6.45, 7) is 4.98. The molecule has 3 aromatic carbocycles. The van der Waals surface area contributed by atoms with E-state index in [0.29, 0.717) is 24.0 Å². The van der Waals surface area contributed by atoms with Crippen molar-refractivity contribution in [3.05, 3.63) is 94.5 Å². The third kappa shape index (κ3) is 5.31. The first kappa shape index (κ1) is 20.3. The maximum absolute atomic E-state index is 14.0. The van der Waals surface area contributed by atoms with Gasteiger partial charge in [-0.25, -0.2) is 8.78 Å². The van der Waals surface area contributed by atoms with Crippen molar-refractivity contribution >= 4 is 11.6 Å². The van der Waals surface area contributed by atoms with Gasteiger partial charge in [0.2, 0.25) is 0 Å². The van der Waals surface area contributed by atoms with E-state index in [1.54, 1.807) is 12.1 Å². The molecule has 0 radical (unpaired) electrons. The van der Waals surface area contributed by atoms with Gasteiger partial charge in [0.05, 0.1) is 13.2 Å². The summed E-state index contributed by atoms with van der Waals surface area (Å²) in [5.74, 6) is -0.431. The number of benzene rings is 3. The van der Waals surface area contributed by atoms with Gasteiger partial charge >= 0.3 is 0 Å². The summed E-state index contributed by atoms with van der Waals surface area (Å²) in [5, 5.41) is 0.695. The lowest BCUT2D eigenvalue weighted by Crippen LogP contribution is -2.24. The summed E-state index contributed by atoms with van der Waals surface area (Å²) < 4.78 is 38.4. The standard InChI is InChI=1S/C23H21ClF2O2/c1-23(2,17-4-6-18(24)7-5-17)15-27-14-16-3-12-21(26)22(13-16)28-20-10-8-19(25)9-11-20/h3-13H,14-15H2,1-2H3. The Balaban J connectivity index is 1.63. The van der Waals surface area contributed by atoms with Crippen LogP contribution in [0.1, 0.15) is 25.0 Å². The highest BCUT2D eigenvalue weighted by Crippen LogP contribution is 2.28. The Hall–Kier alpha value is -2.43. The van der Waals surface area contributed by atoms with Crippen LogP contribution in [0, 0.1) is 11.6 Å². The summed E-state index contributed by atoms with van der Waals surface area (Å²) >= 11 is 5.95. The smallest absolute Gasteiger partial charge is 0.165 e. The third-order valence-electron chi connectivity index (χ3n) is 4.39. The van der Waals surface area contributed by atoms with Gasteiger partial charge in [-0.1, -0.05) is 43.6 Å². The Morgan fingerprint density at radius 2 is 1.57 bits per heavy atom. The second kappa shape index (κ2) is 8.72. The molecule has 0 aromatic heterocycles. The Bertz CT molecular complexity index is 922. The summed E-state index contributed by atoms with van der Waals surface area (Å²) in [6.07, 6.45) is 0. The van der Waals surface area contributed by atoms with E-state index in [-0.39, 0.29) is 17.0 Å². The molecule has 0 bridgehead atoms. The van der Waals surface area contributed by atoms with Crippen LogP contribution in [0.25, 0.3) is 0 Å². The zero-order valence-corrected chi connectivity index (χ0v) is 16.5. The molecule has 28 heavy (non-hydrogen) atoms. The molecule has 0 atom stereocenters. The predicted octanol–water partition coefficient (Wildman–Crippen LogP) is 6.90. The first-order valence-corrected chi connectivity index (χ1v) is 9.27. The molecule has 0 fully saturated rings. The molecule has 0 aliphatic rings. The second-order valence-corrected chi connectivity index (χ2v) is 7.64. The fourth-order valence-corrected chi connectivity index (χ4v) is 2.88. The summed E-state index contributed by atoms with van der Waals surface area (Å²) in [4.78, 5) is 0. The molecule has 0 saturated carbocycles. The van der Waals surface area contributed by atoms with E-state index in [1.165, 1.54) is 30.3 Å². The van der Waals surface area contributed by atoms with E-state index in [2.05, 4.69) is 13.8 Å². The average Bonchev–Trinajstić information content (AvgIpc) is 2.66. The largest absolute Gasteiger partial charge is 0.454 e. The maximum atomic E-state index is 14.0. The third-order valence-corrected chi connectivity index (χ3v) is 4.65. The van der Waals surface area contributed by atoms with Crippen LogP contribution in [0.5, 0.6) is 11.5 Å². The molecule has 5 heteroatoms. The fraction of sp³-hybridized carbons (Fsp3) is 0.217. The highest BCUT2D eigenvalue weighted by molar-refractivity contribution is 6.30. The van der Waals surface area contributed by atoms with E-state index in [9.17, 15) is 8.78 Å². The van der Waals surface area contributed by atoms with Crippen LogP contribution in [0.4, 0.5) is 8.78 Å². The van der Waals surface area contributed by atoms with Gasteiger partial charge in [-0.15, -0.1) is 0 Å². The van der Waals surface area contributed by atoms with Crippen LogP contribution in [0.15, 0.2) is 66.7 Å². The zero-order chi connectivity index (χ0) is 20.1.